The molecule has 1 amide bonds. The van der Waals surface area contributed by atoms with Gasteiger partial charge in [0.1, 0.15) is 0 Å². The van der Waals surface area contributed by atoms with Gasteiger partial charge in [-0.25, -0.2) is 0 Å². The zero-order chi connectivity index (χ0) is 17.8. The molecule has 25 heavy (non-hydrogen) atoms. The molecule has 5 nitrogen and oxygen atoms in total. The van der Waals surface area contributed by atoms with Crippen molar-refractivity contribution in [1.82, 2.24) is 4.90 Å². The summed E-state index contributed by atoms with van der Waals surface area (Å²) in [6.45, 7) is 1.43. The minimum atomic E-state index is 0.00519. The maximum Gasteiger partial charge on any atom is 0.246 e. The Morgan fingerprint density at radius 2 is 1.88 bits per heavy atom. The average Bonchev–Trinajstić information content (AvgIpc) is 3.12. The molecule has 6 heteroatoms. The lowest BCUT2D eigenvalue weighted by atomic mass is 10.1. The number of fused-ring (bicyclic) bond motifs is 1. The number of hydrogen-bond acceptors (Lipinski definition) is 5. The van der Waals surface area contributed by atoms with Gasteiger partial charge >= 0.3 is 0 Å². The van der Waals surface area contributed by atoms with E-state index in [9.17, 15) is 4.79 Å². The van der Waals surface area contributed by atoms with Crippen LogP contribution in [0.5, 0.6) is 17.2 Å². The highest BCUT2D eigenvalue weighted by Gasteiger charge is 2.20. The maximum atomic E-state index is 12.5. The van der Waals surface area contributed by atoms with Crippen LogP contribution >= 0.6 is 11.3 Å². The van der Waals surface area contributed by atoms with E-state index in [1.807, 2.05) is 17.0 Å². The van der Waals surface area contributed by atoms with Gasteiger partial charge in [-0.15, -0.1) is 11.3 Å². The van der Waals surface area contributed by atoms with Crippen molar-refractivity contribution in [3.05, 3.63) is 45.7 Å². The number of nitrogens with zero attached hydrogens (tertiary/aromatic N) is 1. The highest BCUT2D eigenvalue weighted by Crippen LogP contribution is 2.38. The van der Waals surface area contributed by atoms with Gasteiger partial charge in [0, 0.05) is 24.0 Å². The Morgan fingerprint density at radius 3 is 2.52 bits per heavy atom. The summed E-state index contributed by atoms with van der Waals surface area (Å²) >= 11 is 1.77. The van der Waals surface area contributed by atoms with Crippen LogP contribution in [0.15, 0.2) is 29.7 Å². The Bertz CT molecular complexity index is 771. The molecule has 0 atom stereocenters. The van der Waals surface area contributed by atoms with Crippen LogP contribution in [-0.4, -0.2) is 38.7 Å². The number of methoxy groups -OCH3 is 3. The molecule has 0 aliphatic carbocycles. The molecule has 1 aromatic carbocycles. The molecule has 0 bridgehead atoms. The third-order valence-corrected chi connectivity index (χ3v) is 5.25. The maximum absolute atomic E-state index is 12.5. The molecule has 132 valence electrons. The van der Waals surface area contributed by atoms with Crippen molar-refractivity contribution in [3.8, 4) is 17.2 Å². The van der Waals surface area contributed by atoms with E-state index in [-0.39, 0.29) is 5.91 Å². The van der Waals surface area contributed by atoms with Crippen LogP contribution in [0.3, 0.4) is 0 Å². The number of ether oxygens (including phenoxy) is 3. The summed E-state index contributed by atoms with van der Waals surface area (Å²) in [5.74, 6) is 1.67. The second-order valence-corrected chi connectivity index (χ2v) is 6.67. The second-order valence-electron chi connectivity index (χ2n) is 5.67. The van der Waals surface area contributed by atoms with Gasteiger partial charge in [0.05, 0.1) is 21.3 Å². The molecular formula is C19H21NO4S. The predicted molar refractivity (Wildman–Crippen MR) is 98.6 cm³/mol. The zero-order valence-corrected chi connectivity index (χ0v) is 15.4. The van der Waals surface area contributed by atoms with E-state index in [0.717, 1.165) is 18.5 Å². The van der Waals surface area contributed by atoms with Gasteiger partial charge in [-0.2, -0.15) is 0 Å². The SMILES string of the molecule is COc1cc(/C=C/C(=O)N2CCc3sccc3C2)cc(OC)c1OC. The second kappa shape index (κ2) is 7.61. The lowest BCUT2D eigenvalue weighted by Gasteiger charge is -2.25. The molecule has 2 aromatic rings. The van der Waals surface area contributed by atoms with Gasteiger partial charge in [-0.1, -0.05) is 0 Å². The summed E-state index contributed by atoms with van der Waals surface area (Å²) in [6, 6.07) is 5.74. The molecule has 0 N–H and O–H groups in total. The van der Waals surface area contributed by atoms with Crippen molar-refractivity contribution in [2.75, 3.05) is 27.9 Å². The molecule has 0 saturated carbocycles. The van der Waals surface area contributed by atoms with Gasteiger partial charge in [0.2, 0.25) is 11.7 Å². The molecule has 3 rings (SSSR count). The first-order valence-electron chi connectivity index (χ1n) is 7.98. The largest absolute Gasteiger partial charge is 0.493 e. The first-order chi connectivity index (χ1) is 12.2. The Balaban J connectivity index is 1.76. The highest BCUT2D eigenvalue weighted by atomic mass is 32.1. The standard InChI is InChI=1S/C19H21NO4S/c1-22-15-10-13(11-16(23-2)19(15)24-3)4-5-18(21)20-8-6-17-14(12-20)7-9-25-17/h4-5,7,9-11H,6,8,12H2,1-3H3/b5-4+. The molecule has 0 spiro atoms. The topological polar surface area (TPSA) is 48.0 Å². The van der Waals surface area contributed by atoms with Crippen LogP contribution in [0.1, 0.15) is 16.0 Å². The Kier molecular flexibility index (Phi) is 5.28. The number of carbonyl (C=O) groups excluding carboxylic acids is 1. The van der Waals surface area contributed by atoms with Gasteiger partial charge < -0.3 is 19.1 Å². The van der Waals surface area contributed by atoms with Gasteiger partial charge in [0.25, 0.3) is 0 Å². The van der Waals surface area contributed by atoms with E-state index in [4.69, 9.17) is 14.2 Å². The van der Waals surface area contributed by atoms with Crippen LogP contribution in [-0.2, 0) is 17.8 Å². The molecule has 0 unspecified atom stereocenters. The van der Waals surface area contributed by atoms with Crippen molar-refractivity contribution in [2.45, 2.75) is 13.0 Å². The minimum absolute atomic E-state index is 0.00519. The normalized spacial score (nSPS) is 13.6. The van der Waals surface area contributed by atoms with Crippen molar-refractivity contribution in [1.29, 1.82) is 0 Å². The quantitative estimate of drug-likeness (QED) is 0.768. The van der Waals surface area contributed by atoms with E-state index >= 15 is 0 Å². The van der Waals surface area contributed by atoms with Crippen LogP contribution in [0, 0.1) is 0 Å². The Hall–Kier alpha value is -2.47. The van der Waals surface area contributed by atoms with Crippen molar-refractivity contribution in [2.24, 2.45) is 0 Å². The summed E-state index contributed by atoms with van der Waals surface area (Å²) in [5, 5.41) is 2.09. The monoisotopic (exact) mass is 359 g/mol. The van der Waals surface area contributed by atoms with E-state index in [0.29, 0.717) is 23.8 Å². The van der Waals surface area contributed by atoms with E-state index in [1.165, 1.54) is 10.4 Å². The molecule has 0 fully saturated rings. The number of thiophene rings is 1. The van der Waals surface area contributed by atoms with Gasteiger partial charge in [-0.05, 0) is 47.2 Å². The van der Waals surface area contributed by atoms with Crippen LogP contribution in [0.25, 0.3) is 6.08 Å². The molecular weight excluding hydrogens is 338 g/mol. The number of carbonyl (C=O) groups is 1. The van der Waals surface area contributed by atoms with Crippen molar-refractivity contribution >= 4 is 23.3 Å². The third kappa shape index (κ3) is 3.64. The number of amides is 1. The van der Waals surface area contributed by atoms with Crippen molar-refractivity contribution in [3.63, 3.8) is 0 Å². The fourth-order valence-corrected chi connectivity index (χ4v) is 3.80. The first kappa shape index (κ1) is 17.4. The first-order valence-corrected chi connectivity index (χ1v) is 8.86. The fraction of sp³-hybridized carbons (Fsp3) is 0.316. The summed E-state index contributed by atoms with van der Waals surface area (Å²) in [7, 11) is 4.71. The van der Waals surface area contributed by atoms with Crippen LogP contribution in [0.4, 0.5) is 0 Å². The van der Waals surface area contributed by atoms with Gasteiger partial charge in [0.15, 0.2) is 11.5 Å². The Morgan fingerprint density at radius 1 is 1.16 bits per heavy atom. The molecule has 1 aliphatic heterocycles. The summed E-state index contributed by atoms with van der Waals surface area (Å²) in [6.07, 6.45) is 4.30. The molecule has 2 heterocycles. The van der Waals surface area contributed by atoms with E-state index in [1.54, 1.807) is 44.8 Å². The summed E-state index contributed by atoms with van der Waals surface area (Å²) in [5.41, 5.74) is 2.07. The molecule has 1 aliphatic rings. The lowest BCUT2D eigenvalue weighted by molar-refractivity contribution is -0.126. The predicted octanol–water partition coefficient (Wildman–Crippen LogP) is 3.37. The average molecular weight is 359 g/mol. The lowest BCUT2D eigenvalue weighted by Crippen LogP contribution is -2.34. The van der Waals surface area contributed by atoms with Gasteiger partial charge in [-0.3, -0.25) is 4.79 Å². The van der Waals surface area contributed by atoms with Crippen LogP contribution in [0.2, 0.25) is 0 Å². The van der Waals surface area contributed by atoms with Crippen LogP contribution < -0.4 is 14.2 Å². The smallest absolute Gasteiger partial charge is 0.246 e. The number of rotatable bonds is 5. The van der Waals surface area contributed by atoms with E-state index in [2.05, 4.69) is 11.4 Å². The van der Waals surface area contributed by atoms with Crippen molar-refractivity contribution < 1.29 is 19.0 Å². The zero-order valence-electron chi connectivity index (χ0n) is 14.6. The highest BCUT2D eigenvalue weighted by molar-refractivity contribution is 7.10. The third-order valence-electron chi connectivity index (χ3n) is 4.22. The molecule has 1 aromatic heterocycles. The number of benzene rings is 1. The molecule has 0 saturated heterocycles. The fourth-order valence-electron chi connectivity index (χ4n) is 2.91. The van der Waals surface area contributed by atoms with E-state index < -0.39 is 0 Å². The summed E-state index contributed by atoms with van der Waals surface area (Å²) in [4.78, 5) is 15.7. The summed E-state index contributed by atoms with van der Waals surface area (Å²) < 4.78 is 16.0. The molecule has 0 radical (unpaired) electrons. The minimum Gasteiger partial charge on any atom is -0.493 e. The Labute approximate surface area is 151 Å². The number of hydrogen-bond donors (Lipinski definition) is 0.